The molecule has 1 aliphatic rings. The van der Waals surface area contributed by atoms with E-state index in [-0.39, 0.29) is 6.09 Å². The lowest BCUT2D eigenvalue weighted by Crippen LogP contribution is -2.40. The van der Waals surface area contributed by atoms with Crippen molar-refractivity contribution in [3.63, 3.8) is 0 Å². The third kappa shape index (κ3) is 5.20. The number of pyridine rings is 1. The maximum atomic E-state index is 11.7. The third-order valence-electron chi connectivity index (χ3n) is 3.75. The van der Waals surface area contributed by atoms with Crippen molar-refractivity contribution in [2.24, 2.45) is 5.92 Å². The molecule has 0 unspecified atom stereocenters. The van der Waals surface area contributed by atoms with Gasteiger partial charge in [-0.15, -0.1) is 0 Å². The minimum atomic E-state index is -0.440. The van der Waals surface area contributed by atoms with Gasteiger partial charge in [-0.2, -0.15) is 0 Å². The van der Waals surface area contributed by atoms with Crippen LogP contribution in [-0.2, 0) is 4.74 Å². The summed E-state index contributed by atoms with van der Waals surface area (Å²) < 4.78 is 5.26. The summed E-state index contributed by atoms with van der Waals surface area (Å²) in [7, 11) is 0. The fourth-order valence-corrected chi connectivity index (χ4v) is 2.61. The average Bonchev–Trinajstić information content (AvgIpc) is 2.44. The van der Waals surface area contributed by atoms with Gasteiger partial charge in [0.2, 0.25) is 0 Å². The number of carbonyl (C=O) groups excluding carboxylic acids is 1. The Hall–Kier alpha value is -1.78. The first-order valence-corrected chi connectivity index (χ1v) is 7.99. The van der Waals surface area contributed by atoms with Gasteiger partial charge in [-0.1, -0.05) is 6.07 Å². The number of rotatable bonds is 3. The van der Waals surface area contributed by atoms with Gasteiger partial charge in [0.05, 0.1) is 0 Å². The maximum Gasteiger partial charge on any atom is 0.407 e. The molecule has 0 radical (unpaired) electrons. The molecule has 1 aromatic rings. The van der Waals surface area contributed by atoms with Crippen LogP contribution in [0, 0.1) is 12.8 Å². The molecule has 1 saturated heterocycles. The molecule has 122 valence electrons. The Labute approximate surface area is 133 Å². The first-order chi connectivity index (χ1) is 10.3. The first-order valence-electron chi connectivity index (χ1n) is 7.99. The van der Waals surface area contributed by atoms with E-state index in [0.29, 0.717) is 12.5 Å². The van der Waals surface area contributed by atoms with Crippen molar-refractivity contribution >= 4 is 11.9 Å². The number of hydrogen-bond acceptors (Lipinski definition) is 4. The summed E-state index contributed by atoms with van der Waals surface area (Å²) in [6.07, 6.45) is 1.80. The Balaban J connectivity index is 1.74. The van der Waals surface area contributed by atoms with E-state index in [9.17, 15) is 4.79 Å². The number of alkyl carbamates (subject to hydrolysis) is 1. The van der Waals surface area contributed by atoms with Crippen LogP contribution in [0.3, 0.4) is 0 Å². The molecule has 1 aliphatic heterocycles. The molecule has 2 heterocycles. The Morgan fingerprint density at radius 1 is 1.36 bits per heavy atom. The highest BCUT2D eigenvalue weighted by molar-refractivity contribution is 5.67. The molecular weight excluding hydrogens is 278 g/mol. The van der Waals surface area contributed by atoms with Gasteiger partial charge in [0.15, 0.2) is 0 Å². The fourth-order valence-electron chi connectivity index (χ4n) is 2.61. The van der Waals surface area contributed by atoms with Gasteiger partial charge in [-0.25, -0.2) is 9.78 Å². The molecule has 2 rings (SSSR count). The number of amides is 1. The van der Waals surface area contributed by atoms with Crippen LogP contribution < -0.4 is 10.2 Å². The smallest absolute Gasteiger partial charge is 0.407 e. The normalized spacial score (nSPS) is 16.5. The van der Waals surface area contributed by atoms with Gasteiger partial charge in [-0.05, 0) is 58.6 Å². The van der Waals surface area contributed by atoms with E-state index in [2.05, 4.69) is 21.3 Å². The monoisotopic (exact) mass is 305 g/mol. The van der Waals surface area contributed by atoms with Crippen molar-refractivity contribution in [3.05, 3.63) is 23.9 Å². The summed E-state index contributed by atoms with van der Waals surface area (Å²) in [5.74, 6) is 1.56. The zero-order chi connectivity index (χ0) is 16.2. The van der Waals surface area contributed by atoms with E-state index >= 15 is 0 Å². The molecule has 0 saturated carbocycles. The van der Waals surface area contributed by atoms with Gasteiger partial charge in [0.25, 0.3) is 0 Å². The van der Waals surface area contributed by atoms with Crippen LogP contribution in [0.1, 0.15) is 39.3 Å². The number of piperidine rings is 1. The summed E-state index contributed by atoms with van der Waals surface area (Å²) >= 11 is 0. The minimum Gasteiger partial charge on any atom is -0.444 e. The van der Waals surface area contributed by atoms with Crippen molar-refractivity contribution in [2.75, 3.05) is 24.5 Å². The number of nitrogens with zero attached hydrogens (tertiary/aromatic N) is 2. The van der Waals surface area contributed by atoms with Crippen LogP contribution in [0.25, 0.3) is 0 Å². The van der Waals surface area contributed by atoms with Crippen molar-refractivity contribution in [2.45, 2.75) is 46.1 Å². The number of aryl methyl sites for hydroxylation is 1. The van der Waals surface area contributed by atoms with Crippen LogP contribution in [-0.4, -0.2) is 36.3 Å². The third-order valence-corrected chi connectivity index (χ3v) is 3.75. The van der Waals surface area contributed by atoms with E-state index < -0.39 is 5.60 Å². The second kappa shape index (κ2) is 6.99. The molecule has 0 spiro atoms. The van der Waals surface area contributed by atoms with Crippen LogP contribution >= 0.6 is 0 Å². The Morgan fingerprint density at radius 3 is 2.64 bits per heavy atom. The molecule has 1 aromatic heterocycles. The van der Waals surface area contributed by atoms with E-state index in [1.165, 1.54) is 0 Å². The topological polar surface area (TPSA) is 54.5 Å². The second-order valence-electron chi connectivity index (χ2n) is 6.95. The molecule has 1 fully saturated rings. The molecule has 0 bridgehead atoms. The number of ether oxygens (including phenoxy) is 1. The first kappa shape index (κ1) is 16.6. The van der Waals surface area contributed by atoms with Gasteiger partial charge in [0, 0.05) is 25.3 Å². The van der Waals surface area contributed by atoms with Gasteiger partial charge < -0.3 is 15.0 Å². The Morgan fingerprint density at radius 2 is 2.05 bits per heavy atom. The SMILES string of the molecule is Cc1cccc(N2CCC(CNC(=O)OC(C)(C)C)CC2)n1. The predicted octanol–water partition coefficient (Wildman–Crippen LogP) is 3.13. The molecule has 0 aromatic carbocycles. The summed E-state index contributed by atoms with van der Waals surface area (Å²) in [4.78, 5) is 18.6. The average molecular weight is 305 g/mol. The second-order valence-corrected chi connectivity index (χ2v) is 6.95. The highest BCUT2D eigenvalue weighted by atomic mass is 16.6. The largest absolute Gasteiger partial charge is 0.444 e. The summed E-state index contributed by atoms with van der Waals surface area (Å²) in [5, 5.41) is 2.88. The summed E-state index contributed by atoms with van der Waals surface area (Å²) in [6, 6.07) is 6.13. The van der Waals surface area contributed by atoms with E-state index in [1.807, 2.05) is 39.8 Å². The van der Waals surface area contributed by atoms with Gasteiger partial charge in [-0.3, -0.25) is 0 Å². The Kier molecular flexibility index (Phi) is 5.27. The maximum absolute atomic E-state index is 11.7. The zero-order valence-corrected chi connectivity index (χ0v) is 14.1. The lowest BCUT2D eigenvalue weighted by atomic mass is 9.97. The number of anilines is 1. The number of carbonyl (C=O) groups is 1. The quantitative estimate of drug-likeness (QED) is 0.932. The minimum absolute atomic E-state index is 0.324. The van der Waals surface area contributed by atoms with Crippen LogP contribution in [0.15, 0.2) is 18.2 Å². The van der Waals surface area contributed by atoms with Crippen molar-refractivity contribution < 1.29 is 9.53 Å². The number of hydrogen-bond donors (Lipinski definition) is 1. The lowest BCUT2D eigenvalue weighted by Gasteiger charge is -2.33. The molecule has 5 heteroatoms. The Bertz CT molecular complexity index is 503. The van der Waals surface area contributed by atoms with Crippen molar-refractivity contribution in [3.8, 4) is 0 Å². The zero-order valence-electron chi connectivity index (χ0n) is 14.1. The molecule has 1 N–H and O–H groups in total. The van der Waals surface area contributed by atoms with Crippen molar-refractivity contribution in [1.29, 1.82) is 0 Å². The molecule has 0 atom stereocenters. The highest BCUT2D eigenvalue weighted by Gasteiger charge is 2.22. The van der Waals surface area contributed by atoms with E-state index in [4.69, 9.17) is 4.74 Å². The number of aromatic nitrogens is 1. The molecule has 22 heavy (non-hydrogen) atoms. The van der Waals surface area contributed by atoms with Gasteiger partial charge >= 0.3 is 6.09 Å². The molecular formula is C17H27N3O2. The standard InChI is InChI=1S/C17H27N3O2/c1-13-6-5-7-15(19-13)20-10-8-14(9-11-20)12-18-16(21)22-17(2,3)4/h5-7,14H,8-12H2,1-4H3,(H,18,21). The van der Waals surface area contributed by atoms with Crippen LogP contribution in [0.4, 0.5) is 10.6 Å². The molecule has 1 amide bonds. The van der Waals surface area contributed by atoms with Crippen molar-refractivity contribution in [1.82, 2.24) is 10.3 Å². The summed E-state index contributed by atoms with van der Waals surface area (Å²) in [5.41, 5.74) is 0.607. The fraction of sp³-hybridized carbons (Fsp3) is 0.647. The number of nitrogens with one attached hydrogen (secondary N) is 1. The van der Waals surface area contributed by atoms with Crippen LogP contribution in [0.2, 0.25) is 0 Å². The predicted molar refractivity (Wildman–Crippen MR) is 88.1 cm³/mol. The van der Waals surface area contributed by atoms with E-state index in [1.54, 1.807) is 0 Å². The summed E-state index contributed by atoms with van der Waals surface area (Å²) in [6.45, 7) is 10.3. The molecule has 0 aliphatic carbocycles. The highest BCUT2D eigenvalue weighted by Crippen LogP contribution is 2.21. The van der Waals surface area contributed by atoms with E-state index in [0.717, 1.165) is 37.4 Å². The van der Waals surface area contributed by atoms with Crippen LogP contribution in [0.5, 0.6) is 0 Å². The molecule has 5 nitrogen and oxygen atoms in total. The van der Waals surface area contributed by atoms with Gasteiger partial charge in [0.1, 0.15) is 11.4 Å². The lowest BCUT2D eigenvalue weighted by molar-refractivity contribution is 0.0517.